The largest absolute Gasteiger partial charge is 0.360 e. The van der Waals surface area contributed by atoms with E-state index in [1.165, 1.54) is 24.9 Å². The quantitative estimate of drug-likeness (QED) is 0.799. The highest BCUT2D eigenvalue weighted by Gasteiger charge is 2.41. The van der Waals surface area contributed by atoms with Crippen molar-refractivity contribution in [1.82, 2.24) is 4.90 Å². The highest BCUT2D eigenvalue weighted by Crippen LogP contribution is 2.38. The molecule has 92 valence electrons. The number of thioether (sulfide) groups is 1. The van der Waals surface area contributed by atoms with E-state index in [0.717, 1.165) is 6.61 Å². The number of piperidine rings is 1. The van der Waals surface area contributed by atoms with E-state index in [2.05, 4.69) is 41.5 Å². The van der Waals surface area contributed by atoms with E-state index in [-0.39, 0.29) is 0 Å². The molecule has 2 heterocycles. The van der Waals surface area contributed by atoms with Crippen molar-refractivity contribution in [3.8, 4) is 0 Å². The molecule has 0 spiro atoms. The Bertz CT molecular complexity index is 370. The third-order valence-electron chi connectivity index (χ3n) is 3.86. The van der Waals surface area contributed by atoms with Crippen LogP contribution >= 0.6 is 11.8 Å². The number of benzene rings is 1. The van der Waals surface area contributed by atoms with Gasteiger partial charge in [0.15, 0.2) is 0 Å². The molecule has 3 atom stereocenters. The Morgan fingerprint density at radius 2 is 2.12 bits per heavy atom. The lowest BCUT2D eigenvalue weighted by atomic mass is 10.0. The van der Waals surface area contributed by atoms with E-state index < -0.39 is 0 Å². The second-order valence-electron chi connectivity index (χ2n) is 4.80. The minimum absolute atomic E-state index is 0.337. The van der Waals surface area contributed by atoms with Crippen LogP contribution in [0.4, 0.5) is 0 Å². The van der Waals surface area contributed by atoms with E-state index in [4.69, 9.17) is 4.74 Å². The van der Waals surface area contributed by atoms with Crippen molar-refractivity contribution in [2.24, 2.45) is 0 Å². The fraction of sp³-hybridized carbons (Fsp3) is 0.571. The summed E-state index contributed by atoms with van der Waals surface area (Å²) in [5.41, 5.74) is 1.40. The van der Waals surface area contributed by atoms with Crippen LogP contribution in [0, 0.1) is 0 Å². The van der Waals surface area contributed by atoms with Crippen LogP contribution in [0.5, 0.6) is 0 Å². The van der Waals surface area contributed by atoms with Gasteiger partial charge in [0.1, 0.15) is 6.23 Å². The first-order chi connectivity index (χ1) is 8.40. The zero-order chi connectivity index (χ0) is 11.7. The summed E-state index contributed by atoms with van der Waals surface area (Å²) >= 11 is 1.95. The monoisotopic (exact) mass is 249 g/mol. The molecule has 1 aromatic rings. The fourth-order valence-electron chi connectivity index (χ4n) is 2.98. The van der Waals surface area contributed by atoms with Crippen LogP contribution in [0.15, 0.2) is 30.3 Å². The minimum Gasteiger partial charge on any atom is -0.360 e. The number of hydrogen-bond acceptors (Lipinski definition) is 3. The standard InChI is InChI=1S/C14H19NOS/c1-17-13-8-5-9-15-12(10-16-14(13)15)11-6-3-2-4-7-11/h2-4,6-7,12-14H,5,8-10H2,1H3/t12-,13-,14+/m0/s1. The highest BCUT2D eigenvalue weighted by atomic mass is 32.2. The molecular weight excluding hydrogens is 230 g/mol. The van der Waals surface area contributed by atoms with Crippen molar-refractivity contribution in [3.63, 3.8) is 0 Å². The van der Waals surface area contributed by atoms with Crippen molar-refractivity contribution in [2.75, 3.05) is 19.4 Å². The molecule has 0 bridgehead atoms. The van der Waals surface area contributed by atoms with Gasteiger partial charge in [-0.05, 0) is 24.7 Å². The maximum Gasteiger partial charge on any atom is 0.123 e. The molecular formula is C14H19NOS. The lowest BCUT2D eigenvalue weighted by Gasteiger charge is -2.36. The maximum absolute atomic E-state index is 6.03. The second kappa shape index (κ2) is 5.01. The van der Waals surface area contributed by atoms with Gasteiger partial charge in [-0.1, -0.05) is 30.3 Å². The molecule has 0 aliphatic carbocycles. The number of ether oxygens (including phenoxy) is 1. The lowest BCUT2D eigenvalue weighted by molar-refractivity contribution is 0.00958. The Morgan fingerprint density at radius 1 is 1.29 bits per heavy atom. The summed E-state index contributed by atoms with van der Waals surface area (Å²) < 4.78 is 6.03. The Morgan fingerprint density at radius 3 is 2.88 bits per heavy atom. The molecule has 0 saturated carbocycles. The third kappa shape index (κ3) is 2.12. The summed E-state index contributed by atoms with van der Waals surface area (Å²) in [5, 5.41) is 0.650. The Kier molecular flexibility index (Phi) is 3.41. The smallest absolute Gasteiger partial charge is 0.123 e. The zero-order valence-corrected chi connectivity index (χ0v) is 11.0. The summed E-state index contributed by atoms with van der Waals surface area (Å²) in [6, 6.07) is 11.2. The summed E-state index contributed by atoms with van der Waals surface area (Å²) in [6.45, 7) is 2.03. The van der Waals surface area contributed by atoms with Crippen molar-refractivity contribution in [2.45, 2.75) is 30.4 Å². The minimum atomic E-state index is 0.337. The van der Waals surface area contributed by atoms with Crippen molar-refractivity contribution in [1.29, 1.82) is 0 Å². The van der Waals surface area contributed by atoms with Crippen LogP contribution in [0.3, 0.4) is 0 Å². The van der Waals surface area contributed by atoms with Gasteiger partial charge in [-0.25, -0.2) is 0 Å². The van der Waals surface area contributed by atoms with Gasteiger partial charge in [-0.3, -0.25) is 4.90 Å². The number of nitrogens with zero attached hydrogens (tertiary/aromatic N) is 1. The van der Waals surface area contributed by atoms with Crippen molar-refractivity contribution >= 4 is 11.8 Å². The summed E-state index contributed by atoms with van der Waals surface area (Å²) in [6.07, 6.45) is 5.13. The molecule has 17 heavy (non-hydrogen) atoms. The molecule has 0 aromatic heterocycles. The molecule has 2 saturated heterocycles. The molecule has 3 rings (SSSR count). The topological polar surface area (TPSA) is 12.5 Å². The molecule has 0 unspecified atom stereocenters. The van der Waals surface area contributed by atoms with E-state index in [1.807, 2.05) is 11.8 Å². The predicted octanol–water partition coefficient (Wildman–Crippen LogP) is 2.91. The molecule has 2 aliphatic rings. The molecule has 2 aliphatic heterocycles. The first kappa shape index (κ1) is 11.6. The molecule has 0 N–H and O–H groups in total. The van der Waals surface area contributed by atoms with Gasteiger partial charge < -0.3 is 4.74 Å². The Hall–Kier alpha value is -0.510. The predicted molar refractivity (Wildman–Crippen MR) is 72.2 cm³/mol. The van der Waals surface area contributed by atoms with Crippen LogP contribution < -0.4 is 0 Å². The molecule has 2 fully saturated rings. The average Bonchev–Trinajstić information content (AvgIpc) is 2.83. The van der Waals surface area contributed by atoms with Gasteiger partial charge in [0, 0.05) is 11.8 Å². The van der Waals surface area contributed by atoms with E-state index >= 15 is 0 Å². The third-order valence-corrected chi connectivity index (χ3v) is 4.94. The van der Waals surface area contributed by atoms with Gasteiger partial charge in [0.2, 0.25) is 0 Å². The van der Waals surface area contributed by atoms with Crippen LogP contribution in [0.2, 0.25) is 0 Å². The van der Waals surface area contributed by atoms with Gasteiger partial charge in [-0.2, -0.15) is 11.8 Å². The Labute approximate surface area is 107 Å². The Balaban J connectivity index is 1.81. The lowest BCUT2D eigenvalue weighted by Crippen LogP contribution is -2.44. The number of fused-ring (bicyclic) bond motifs is 1. The zero-order valence-electron chi connectivity index (χ0n) is 10.2. The number of hydrogen-bond donors (Lipinski definition) is 0. The van der Waals surface area contributed by atoms with Crippen molar-refractivity contribution < 1.29 is 4.74 Å². The SMILES string of the molecule is CS[C@H]1CCCN2[C@@H]1OC[C@H]2c1ccccc1. The van der Waals surface area contributed by atoms with Crippen molar-refractivity contribution in [3.05, 3.63) is 35.9 Å². The normalized spacial score (nSPS) is 33.6. The van der Waals surface area contributed by atoms with E-state index in [9.17, 15) is 0 Å². The summed E-state index contributed by atoms with van der Waals surface area (Å²) in [5.74, 6) is 0. The first-order valence-corrected chi connectivity index (χ1v) is 7.64. The van der Waals surface area contributed by atoms with E-state index in [1.54, 1.807) is 0 Å². The van der Waals surface area contributed by atoms with E-state index in [0.29, 0.717) is 17.5 Å². The van der Waals surface area contributed by atoms with Crippen LogP contribution in [-0.2, 0) is 4.74 Å². The van der Waals surface area contributed by atoms with Gasteiger partial charge >= 0.3 is 0 Å². The molecule has 3 heteroatoms. The average molecular weight is 249 g/mol. The van der Waals surface area contributed by atoms with Crippen LogP contribution in [-0.4, -0.2) is 35.8 Å². The summed E-state index contributed by atoms with van der Waals surface area (Å²) in [7, 11) is 0. The summed E-state index contributed by atoms with van der Waals surface area (Å²) in [4.78, 5) is 2.56. The van der Waals surface area contributed by atoms with Gasteiger partial charge in [-0.15, -0.1) is 0 Å². The maximum atomic E-state index is 6.03. The van der Waals surface area contributed by atoms with Gasteiger partial charge in [0.05, 0.1) is 12.6 Å². The molecule has 1 aromatic carbocycles. The number of rotatable bonds is 2. The molecule has 2 nitrogen and oxygen atoms in total. The van der Waals surface area contributed by atoms with Gasteiger partial charge in [0.25, 0.3) is 0 Å². The first-order valence-electron chi connectivity index (χ1n) is 6.35. The van der Waals surface area contributed by atoms with Crippen LogP contribution in [0.1, 0.15) is 24.4 Å². The van der Waals surface area contributed by atoms with Crippen LogP contribution in [0.25, 0.3) is 0 Å². The highest BCUT2D eigenvalue weighted by molar-refractivity contribution is 7.99. The molecule has 0 radical (unpaired) electrons. The molecule has 0 amide bonds. The fourth-order valence-corrected chi connectivity index (χ4v) is 3.85. The second-order valence-corrected chi connectivity index (χ2v) is 5.88.